The van der Waals surface area contributed by atoms with Crippen molar-refractivity contribution in [2.24, 2.45) is 0 Å². The van der Waals surface area contributed by atoms with Crippen LogP contribution in [0.1, 0.15) is 16.8 Å². The van der Waals surface area contributed by atoms with Crippen molar-refractivity contribution in [3.63, 3.8) is 0 Å². The van der Waals surface area contributed by atoms with Crippen molar-refractivity contribution in [3.05, 3.63) is 42.5 Å². The maximum Gasteiger partial charge on any atom is 0.333 e. The summed E-state index contributed by atoms with van der Waals surface area (Å²) < 4.78 is 0. The Kier molecular flexibility index (Phi) is 5.84. The van der Waals surface area contributed by atoms with Gasteiger partial charge in [-0.3, -0.25) is 29.0 Å². The number of nitrogens with one attached hydrogen (secondary N) is 2. The fraction of sp³-hybridized carbons (Fsp3) is 0.235. The molecule has 0 aromatic heterocycles. The summed E-state index contributed by atoms with van der Waals surface area (Å²) in [5.74, 6) is -2.40. The Bertz CT molecular complexity index is 772. The van der Waals surface area contributed by atoms with Crippen molar-refractivity contribution in [1.82, 2.24) is 15.1 Å². The van der Waals surface area contributed by atoms with E-state index in [0.29, 0.717) is 17.7 Å². The van der Waals surface area contributed by atoms with Gasteiger partial charge in [-0.15, -0.1) is 0 Å². The molecule has 136 valence electrons. The first-order valence-electron chi connectivity index (χ1n) is 7.80. The number of likely N-dealkylation sites (N-methyl/N-ethyl adjacent to an activating group) is 1. The van der Waals surface area contributed by atoms with E-state index < -0.39 is 17.8 Å². The average Bonchev–Trinajstić information content (AvgIpc) is 2.82. The van der Waals surface area contributed by atoms with Gasteiger partial charge < -0.3 is 10.6 Å². The van der Waals surface area contributed by atoms with Crippen molar-refractivity contribution in [3.8, 4) is 0 Å². The zero-order chi connectivity index (χ0) is 19.3. The van der Waals surface area contributed by atoms with E-state index >= 15 is 0 Å². The lowest BCUT2D eigenvalue weighted by atomic mass is 10.2. The van der Waals surface area contributed by atoms with Gasteiger partial charge in [0.05, 0.1) is 0 Å². The van der Waals surface area contributed by atoms with Gasteiger partial charge in [0.15, 0.2) is 0 Å². The molecule has 0 bridgehead atoms. The lowest BCUT2D eigenvalue weighted by Crippen LogP contribution is -2.34. The Labute approximate surface area is 149 Å². The quantitative estimate of drug-likeness (QED) is 0.316. The fourth-order valence-corrected chi connectivity index (χ4v) is 2.25. The van der Waals surface area contributed by atoms with Crippen LogP contribution in [0.2, 0.25) is 0 Å². The van der Waals surface area contributed by atoms with E-state index in [1.165, 1.54) is 7.05 Å². The maximum atomic E-state index is 12.0. The van der Waals surface area contributed by atoms with Crippen LogP contribution in [-0.4, -0.2) is 59.6 Å². The number of carbonyl (C=O) groups excluding carboxylic acids is 5. The standard InChI is InChI=1S/C17H18N4O5/c1-3-13(22)19-12-7-5-11(6-8-12)14(23)18-9-4-10-21-16(25)15(24)20(2)17(21)26/h3,5-8H,1,4,9-10H2,2H3,(H,18,23)(H,19,22). The molecule has 9 heteroatoms. The van der Waals surface area contributed by atoms with E-state index in [0.717, 1.165) is 15.9 Å². The molecule has 1 aliphatic rings. The second kappa shape index (κ2) is 8.06. The van der Waals surface area contributed by atoms with Crippen LogP contribution in [0.4, 0.5) is 10.5 Å². The van der Waals surface area contributed by atoms with Crippen LogP contribution < -0.4 is 10.6 Å². The second-order valence-electron chi connectivity index (χ2n) is 5.48. The molecule has 0 radical (unpaired) electrons. The van der Waals surface area contributed by atoms with Crippen LogP contribution >= 0.6 is 0 Å². The van der Waals surface area contributed by atoms with Gasteiger partial charge in [0, 0.05) is 31.4 Å². The van der Waals surface area contributed by atoms with Gasteiger partial charge in [-0.25, -0.2) is 4.79 Å². The van der Waals surface area contributed by atoms with E-state index in [1.807, 2.05) is 0 Å². The van der Waals surface area contributed by atoms with Crippen LogP contribution in [0, 0.1) is 0 Å². The number of anilines is 1. The number of amides is 6. The summed E-state index contributed by atoms with van der Waals surface area (Å²) in [6.07, 6.45) is 1.46. The predicted octanol–water partition coefficient (Wildman–Crippen LogP) is 0.352. The molecule has 1 saturated heterocycles. The number of rotatable bonds is 7. The molecular formula is C17H18N4O5. The molecule has 6 amide bonds. The third-order valence-corrected chi connectivity index (χ3v) is 3.69. The molecular weight excluding hydrogens is 340 g/mol. The number of hydrogen-bond donors (Lipinski definition) is 2. The van der Waals surface area contributed by atoms with Crippen molar-refractivity contribution < 1.29 is 24.0 Å². The van der Waals surface area contributed by atoms with Gasteiger partial charge in [-0.2, -0.15) is 0 Å². The number of benzene rings is 1. The summed E-state index contributed by atoms with van der Waals surface area (Å²) in [6, 6.07) is 5.60. The normalized spacial score (nSPS) is 13.8. The highest BCUT2D eigenvalue weighted by Crippen LogP contribution is 2.11. The van der Waals surface area contributed by atoms with Gasteiger partial charge in [-0.05, 0) is 36.8 Å². The number of carbonyl (C=O) groups is 5. The lowest BCUT2D eigenvalue weighted by Gasteiger charge is -2.13. The fourth-order valence-electron chi connectivity index (χ4n) is 2.25. The number of urea groups is 1. The molecule has 26 heavy (non-hydrogen) atoms. The Morgan fingerprint density at radius 3 is 2.31 bits per heavy atom. The van der Waals surface area contributed by atoms with Crippen LogP contribution in [0.15, 0.2) is 36.9 Å². The summed E-state index contributed by atoms with van der Waals surface area (Å²) in [5.41, 5.74) is 0.927. The van der Waals surface area contributed by atoms with E-state index in [9.17, 15) is 24.0 Å². The molecule has 1 aliphatic heterocycles. The predicted molar refractivity (Wildman–Crippen MR) is 92.1 cm³/mol. The molecule has 9 nitrogen and oxygen atoms in total. The minimum atomic E-state index is -0.860. The topological polar surface area (TPSA) is 116 Å². The van der Waals surface area contributed by atoms with E-state index in [4.69, 9.17) is 0 Å². The summed E-state index contributed by atoms with van der Waals surface area (Å²) in [5, 5.41) is 5.22. The first kappa shape index (κ1) is 18.8. The summed E-state index contributed by atoms with van der Waals surface area (Å²) >= 11 is 0. The second-order valence-corrected chi connectivity index (χ2v) is 5.48. The zero-order valence-corrected chi connectivity index (χ0v) is 14.2. The van der Waals surface area contributed by atoms with Crippen molar-refractivity contribution in [2.45, 2.75) is 6.42 Å². The highest BCUT2D eigenvalue weighted by atomic mass is 16.2. The molecule has 0 aliphatic carbocycles. The van der Waals surface area contributed by atoms with E-state index in [1.54, 1.807) is 24.3 Å². The molecule has 0 spiro atoms. The highest BCUT2D eigenvalue weighted by molar-refractivity contribution is 6.44. The van der Waals surface area contributed by atoms with Crippen LogP contribution in [0.5, 0.6) is 0 Å². The van der Waals surface area contributed by atoms with Crippen molar-refractivity contribution >= 4 is 35.3 Å². The number of imide groups is 2. The third kappa shape index (κ3) is 4.12. The Balaban J connectivity index is 1.79. The Morgan fingerprint density at radius 1 is 1.12 bits per heavy atom. The van der Waals surface area contributed by atoms with Crippen LogP contribution in [-0.2, 0) is 14.4 Å². The first-order valence-corrected chi connectivity index (χ1v) is 7.80. The molecule has 0 saturated carbocycles. The monoisotopic (exact) mass is 358 g/mol. The maximum absolute atomic E-state index is 12.0. The summed E-state index contributed by atoms with van der Waals surface area (Å²) in [7, 11) is 1.24. The molecule has 1 aromatic rings. The summed E-state index contributed by atoms with van der Waals surface area (Å²) in [6.45, 7) is 3.61. The molecule has 2 N–H and O–H groups in total. The average molecular weight is 358 g/mol. The van der Waals surface area contributed by atoms with Gasteiger partial charge >= 0.3 is 17.8 Å². The van der Waals surface area contributed by atoms with Gasteiger partial charge in [0.25, 0.3) is 5.91 Å². The third-order valence-electron chi connectivity index (χ3n) is 3.69. The van der Waals surface area contributed by atoms with Crippen LogP contribution in [0.25, 0.3) is 0 Å². The summed E-state index contributed by atoms with van der Waals surface area (Å²) in [4.78, 5) is 59.5. The van der Waals surface area contributed by atoms with Gasteiger partial charge in [0.1, 0.15) is 0 Å². The molecule has 1 aromatic carbocycles. The van der Waals surface area contributed by atoms with Gasteiger partial charge in [0.2, 0.25) is 5.91 Å². The molecule has 1 fully saturated rings. The van der Waals surface area contributed by atoms with Crippen molar-refractivity contribution in [1.29, 1.82) is 0 Å². The molecule has 1 heterocycles. The lowest BCUT2D eigenvalue weighted by molar-refractivity contribution is -0.142. The largest absolute Gasteiger partial charge is 0.352 e. The highest BCUT2D eigenvalue weighted by Gasteiger charge is 2.41. The van der Waals surface area contributed by atoms with Gasteiger partial charge in [-0.1, -0.05) is 6.58 Å². The molecule has 2 rings (SSSR count). The van der Waals surface area contributed by atoms with Crippen molar-refractivity contribution in [2.75, 3.05) is 25.5 Å². The zero-order valence-electron chi connectivity index (χ0n) is 14.2. The van der Waals surface area contributed by atoms with E-state index in [2.05, 4.69) is 17.2 Å². The SMILES string of the molecule is C=CC(=O)Nc1ccc(C(=O)NCCCN2C(=O)C(=O)N(C)C2=O)cc1. The molecule has 0 atom stereocenters. The van der Waals surface area contributed by atoms with Crippen LogP contribution in [0.3, 0.4) is 0 Å². The smallest absolute Gasteiger partial charge is 0.333 e. The minimum Gasteiger partial charge on any atom is -0.352 e. The molecule has 0 unspecified atom stereocenters. The Morgan fingerprint density at radius 2 is 1.77 bits per heavy atom. The first-order chi connectivity index (χ1) is 12.3. The van der Waals surface area contributed by atoms with E-state index in [-0.39, 0.29) is 24.9 Å². The number of hydrogen-bond acceptors (Lipinski definition) is 5. The number of nitrogens with zero attached hydrogens (tertiary/aromatic N) is 2. The Hall–Kier alpha value is -3.49. The minimum absolute atomic E-state index is 0.0422.